The van der Waals surface area contributed by atoms with E-state index < -0.39 is 0 Å². The van der Waals surface area contributed by atoms with E-state index in [4.69, 9.17) is 4.42 Å². The van der Waals surface area contributed by atoms with E-state index in [2.05, 4.69) is 4.98 Å². The van der Waals surface area contributed by atoms with Crippen LogP contribution in [0.25, 0.3) is 0 Å². The van der Waals surface area contributed by atoms with Crippen LogP contribution in [-0.2, 0) is 0 Å². The van der Waals surface area contributed by atoms with Crippen molar-refractivity contribution in [3.8, 4) is 0 Å². The standard InChI is InChI=1S/C11H9NO2S/c13-9(10-4-3-7-14-10)8-15-11-5-1-2-6-12-11/h1-7H,8H2. The predicted octanol–water partition coefficient (Wildman–Crippen LogP) is 2.65. The van der Waals surface area contributed by atoms with Gasteiger partial charge >= 0.3 is 0 Å². The van der Waals surface area contributed by atoms with Crippen LogP contribution in [0, 0.1) is 0 Å². The molecule has 0 bridgehead atoms. The van der Waals surface area contributed by atoms with E-state index >= 15 is 0 Å². The number of ketones is 1. The summed E-state index contributed by atoms with van der Waals surface area (Å²) in [4.78, 5) is 15.6. The van der Waals surface area contributed by atoms with Crippen molar-refractivity contribution in [1.29, 1.82) is 0 Å². The fourth-order valence-corrected chi connectivity index (χ4v) is 1.81. The Morgan fingerprint density at radius 1 is 1.33 bits per heavy atom. The third kappa shape index (κ3) is 2.70. The van der Waals surface area contributed by atoms with E-state index in [0.29, 0.717) is 11.5 Å². The summed E-state index contributed by atoms with van der Waals surface area (Å²) in [6, 6.07) is 8.99. The van der Waals surface area contributed by atoms with Crippen LogP contribution in [0.5, 0.6) is 0 Å². The Labute approximate surface area is 91.5 Å². The van der Waals surface area contributed by atoms with Gasteiger partial charge in [-0.15, -0.1) is 0 Å². The second-order valence-electron chi connectivity index (χ2n) is 2.86. The number of thioether (sulfide) groups is 1. The zero-order valence-corrected chi connectivity index (χ0v) is 8.74. The highest BCUT2D eigenvalue weighted by molar-refractivity contribution is 7.99. The summed E-state index contributed by atoms with van der Waals surface area (Å²) in [6.07, 6.45) is 3.21. The van der Waals surface area contributed by atoms with Gasteiger partial charge in [0.05, 0.1) is 17.0 Å². The highest BCUT2D eigenvalue weighted by Gasteiger charge is 2.08. The molecule has 0 aliphatic heterocycles. The fourth-order valence-electron chi connectivity index (χ4n) is 1.08. The molecule has 0 N–H and O–H groups in total. The number of carbonyl (C=O) groups excluding carboxylic acids is 1. The minimum absolute atomic E-state index is 0.0179. The number of aromatic nitrogens is 1. The summed E-state index contributed by atoms with van der Waals surface area (Å²) in [6.45, 7) is 0. The number of pyridine rings is 1. The van der Waals surface area contributed by atoms with Crippen LogP contribution < -0.4 is 0 Å². The summed E-state index contributed by atoms with van der Waals surface area (Å²) in [5.74, 6) is 0.735. The Kier molecular flexibility index (Phi) is 3.19. The quantitative estimate of drug-likeness (QED) is 0.585. The van der Waals surface area contributed by atoms with Gasteiger partial charge in [0.2, 0.25) is 5.78 Å². The van der Waals surface area contributed by atoms with E-state index in [1.807, 2.05) is 18.2 Å². The Bertz CT molecular complexity index is 425. The lowest BCUT2D eigenvalue weighted by atomic mass is 10.3. The maximum atomic E-state index is 11.5. The average molecular weight is 219 g/mol. The molecule has 2 aromatic heterocycles. The molecule has 3 nitrogen and oxygen atoms in total. The first kappa shape index (κ1) is 9.98. The number of hydrogen-bond donors (Lipinski definition) is 0. The zero-order valence-electron chi connectivity index (χ0n) is 7.92. The molecular formula is C11H9NO2S. The largest absolute Gasteiger partial charge is 0.461 e. The van der Waals surface area contributed by atoms with Gasteiger partial charge in [-0.3, -0.25) is 4.79 Å². The monoisotopic (exact) mass is 219 g/mol. The Morgan fingerprint density at radius 3 is 2.93 bits per heavy atom. The van der Waals surface area contributed by atoms with E-state index in [1.165, 1.54) is 18.0 Å². The molecule has 15 heavy (non-hydrogen) atoms. The first-order valence-corrected chi connectivity index (χ1v) is 5.45. The average Bonchev–Trinajstić information content (AvgIpc) is 2.81. The molecule has 0 aliphatic rings. The van der Waals surface area contributed by atoms with Crippen molar-refractivity contribution in [2.45, 2.75) is 5.03 Å². The lowest BCUT2D eigenvalue weighted by molar-refractivity contribution is 0.0992. The fraction of sp³-hybridized carbons (Fsp3) is 0.0909. The van der Waals surface area contributed by atoms with E-state index in [1.54, 1.807) is 18.3 Å². The molecule has 2 rings (SSSR count). The molecule has 0 atom stereocenters. The summed E-state index contributed by atoms with van der Waals surface area (Å²) in [5, 5.41) is 0.845. The van der Waals surface area contributed by atoms with Gasteiger partial charge in [0.1, 0.15) is 0 Å². The number of furan rings is 1. The second kappa shape index (κ2) is 4.79. The molecule has 0 spiro atoms. The lowest BCUT2D eigenvalue weighted by Crippen LogP contribution is -2.00. The summed E-state index contributed by atoms with van der Waals surface area (Å²) >= 11 is 1.41. The topological polar surface area (TPSA) is 43.1 Å². The van der Waals surface area contributed by atoms with Gasteiger partial charge in [-0.25, -0.2) is 4.98 Å². The molecule has 2 heterocycles. The van der Waals surface area contributed by atoms with Gasteiger partial charge in [-0.05, 0) is 24.3 Å². The molecule has 0 unspecified atom stereocenters. The molecule has 0 saturated heterocycles. The molecule has 4 heteroatoms. The number of Topliss-reactive ketones (excluding diaryl/α,β-unsaturated/α-hetero) is 1. The Morgan fingerprint density at radius 2 is 2.27 bits per heavy atom. The molecule has 0 aromatic carbocycles. The van der Waals surface area contributed by atoms with Crippen molar-refractivity contribution in [3.63, 3.8) is 0 Å². The molecule has 0 fully saturated rings. The predicted molar refractivity (Wildman–Crippen MR) is 58.0 cm³/mol. The normalized spacial score (nSPS) is 10.1. The molecule has 76 valence electrons. The van der Waals surface area contributed by atoms with Crippen molar-refractivity contribution >= 4 is 17.5 Å². The van der Waals surface area contributed by atoms with E-state index in [9.17, 15) is 4.79 Å². The number of hydrogen-bond acceptors (Lipinski definition) is 4. The minimum Gasteiger partial charge on any atom is -0.461 e. The van der Waals surface area contributed by atoms with Gasteiger partial charge in [-0.1, -0.05) is 17.8 Å². The summed E-state index contributed by atoms with van der Waals surface area (Å²) in [5.41, 5.74) is 0. The van der Waals surface area contributed by atoms with E-state index in [-0.39, 0.29) is 5.78 Å². The molecule has 0 saturated carbocycles. The third-order valence-electron chi connectivity index (χ3n) is 1.78. The third-order valence-corrected chi connectivity index (χ3v) is 2.73. The van der Waals surface area contributed by atoms with E-state index in [0.717, 1.165) is 5.03 Å². The summed E-state index contributed by atoms with van der Waals surface area (Å²) in [7, 11) is 0. The van der Waals surface area contributed by atoms with Crippen LogP contribution in [0.15, 0.2) is 52.2 Å². The maximum Gasteiger partial charge on any atom is 0.208 e. The zero-order chi connectivity index (χ0) is 10.5. The van der Waals surface area contributed by atoms with Gasteiger partial charge in [-0.2, -0.15) is 0 Å². The van der Waals surface area contributed by atoms with Crippen molar-refractivity contribution in [2.24, 2.45) is 0 Å². The first-order valence-electron chi connectivity index (χ1n) is 4.47. The van der Waals surface area contributed by atoms with Crippen LogP contribution in [0.3, 0.4) is 0 Å². The highest BCUT2D eigenvalue weighted by Crippen LogP contribution is 2.16. The van der Waals surface area contributed by atoms with Crippen molar-refractivity contribution in [3.05, 3.63) is 48.6 Å². The SMILES string of the molecule is O=C(CSc1ccccn1)c1ccco1. The van der Waals surface area contributed by atoms with Crippen molar-refractivity contribution in [2.75, 3.05) is 5.75 Å². The molecule has 0 aliphatic carbocycles. The Hall–Kier alpha value is -1.55. The molecular weight excluding hydrogens is 210 g/mol. The first-order chi connectivity index (χ1) is 7.36. The van der Waals surface area contributed by atoms with Gasteiger partial charge < -0.3 is 4.42 Å². The van der Waals surface area contributed by atoms with Crippen LogP contribution >= 0.6 is 11.8 Å². The van der Waals surface area contributed by atoms with Crippen LogP contribution in [0.2, 0.25) is 0 Å². The smallest absolute Gasteiger partial charge is 0.208 e. The Balaban J connectivity index is 1.92. The van der Waals surface area contributed by atoms with Crippen LogP contribution in [0.4, 0.5) is 0 Å². The number of carbonyl (C=O) groups is 1. The molecule has 0 amide bonds. The van der Waals surface area contributed by atoms with Crippen LogP contribution in [-0.4, -0.2) is 16.5 Å². The number of rotatable bonds is 4. The second-order valence-corrected chi connectivity index (χ2v) is 3.85. The number of nitrogens with zero attached hydrogens (tertiary/aromatic N) is 1. The summed E-state index contributed by atoms with van der Waals surface area (Å²) < 4.78 is 5.00. The highest BCUT2D eigenvalue weighted by atomic mass is 32.2. The van der Waals surface area contributed by atoms with Gasteiger partial charge in [0, 0.05) is 6.20 Å². The lowest BCUT2D eigenvalue weighted by Gasteiger charge is -1.97. The molecule has 2 aromatic rings. The minimum atomic E-state index is -0.0179. The van der Waals surface area contributed by atoms with Gasteiger partial charge in [0.25, 0.3) is 0 Å². The maximum absolute atomic E-state index is 11.5. The van der Waals surface area contributed by atoms with Crippen LogP contribution in [0.1, 0.15) is 10.6 Å². The molecule has 0 radical (unpaired) electrons. The van der Waals surface area contributed by atoms with Crippen molar-refractivity contribution < 1.29 is 9.21 Å². The van der Waals surface area contributed by atoms with Crippen molar-refractivity contribution in [1.82, 2.24) is 4.98 Å². The van der Waals surface area contributed by atoms with Gasteiger partial charge in [0.15, 0.2) is 5.76 Å².